The van der Waals surface area contributed by atoms with Gasteiger partial charge in [-0.2, -0.15) is 0 Å². The van der Waals surface area contributed by atoms with Gasteiger partial charge >= 0.3 is 0 Å². The zero-order chi connectivity index (χ0) is 7.40. The Morgan fingerprint density at radius 2 is 2.50 bits per heavy atom. The van der Waals surface area contributed by atoms with Crippen molar-refractivity contribution in [3.63, 3.8) is 0 Å². The van der Waals surface area contributed by atoms with E-state index in [1.807, 2.05) is 0 Å². The zero-order valence-corrected chi connectivity index (χ0v) is 5.24. The summed E-state index contributed by atoms with van der Waals surface area (Å²) in [6.45, 7) is 0. The van der Waals surface area contributed by atoms with E-state index in [-0.39, 0.29) is 5.56 Å². The van der Waals surface area contributed by atoms with Gasteiger partial charge in [-0.05, 0) is 12.3 Å². The third-order valence-corrected chi connectivity index (χ3v) is 0.989. The highest BCUT2D eigenvalue weighted by Crippen LogP contribution is 1.82. The van der Waals surface area contributed by atoms with Crippen LogP contribution in [0, 0.1) is 0 Å². The van der Waals surface area contributed by atoms with Crippen LogP contribution in [0.25, 0.3) is 6.08 Å². The summed E-state index contributed by atoms with van der Waals surface area (Å²) in [4.78, 5) is 17.0. The largest absolute Gasteiger partial charge is 0.405 e. The van der Waals surface area contributed by atoms with Crippen molar-refractivity contribution >= 4 is 6.08 Å². The second kappa shape index (κ2) is 2.82. The van der Waals surface area contributed by atoms with Gasteiger partial charge in [0, 0.05) is 12.4 Å². The highest BCUT2D eigenvalue weighted by molar-refractivity contribution is 5.41. The molecule has 0 bridgehead atoms. The molecule has 0 amide bonds. The van der Waals surface area contributed by atoms with Crippen LogP contribution in [-0.4, -0.2) is 9.97 Å². The van der Waals surface area contributed by atoms with E-state index in [0.29, 0.717) is 5.69 Å². The van der Waals surface area contributed by atoms with Gasteiger partial charge in [0.2, 0.25) is 0 Å². The van der Waals surface area contributed by atoms with Gasteiger partial charge < -0.3 is 10.7 Å². The first-order valence-corrected chi connectivity index (χ1v) is 2.76. The molecular weight excluding hydrogens is 130 g/mol. The van der Waals surface area contributed by atoms with Gasteiger partial charge in [0.15, 0.2) is 0 Å². The summed E-state index contributed by atoms with van der Waals surface area (Å²) in [5.74, 6) is 0. The van der Waals surface area contributed by atoms with Crippen LogP contribution < -0.4 is 11.3 Å². The Hall–Kier alpha value is -1.58. The third-order valence-electron chi connectivity index (χ3n) is 0.989. The molecule has 0 atom stereocenters. The van der Waals surface area contributed by atoms with E-state index in [4.69, 9.17) is 5.73 Å². The molecule has 1 aromatic rings. The summed E-state index contributed by atoms with van der Waals surface area (Å²) < 4.78 is 0. The number of nitrogens with zero attached hydrogens (tertiary/aromatic N) is 1. The molecular formula is C6H7N3O. The first kappa shape index (κ1) is 6.54. The first-order valence-electron chi connectivity index (χ1n) is 2.76. The van der Waals surface area contributed by atoms with Crippen molar-refractivity contribution in [2.24, 2.45) is 5.73 Å². The molecule has 0 spiro atoms. The maximum absolute atomic E-state index is 10.8. The van der Waals surface area contributed by atoms with Gasteiger partial charge in [-0.25, -0.2) is 4.98 Å². The normalized spacial score (nSPS) is 10.4. The summed E-state index contributed by atoms with van der Waals surface area (Å²) in [7, 11) is 0. The summed E-state index contributed by atoms with van der Waals surface area (Å²) in [6, 6.07) is 0. The van der Waals surface area contributed by atoms with Crippen LogP contribution >= 0.6 is 0 Å². The topological polar surface area (TPSA) is 71.8 Å². The number of hydrogen-bond donors (Lipinski definition) is 2. The average Bonchev–Trinajstić information content (AvgIpc) is 1.94. The van der Waals surface area contributed by atoms with E-state index < -0.39 is 0 Å². The van der Waals surface area contributed by atoms with Crippen molar-refractivity contribution in [2.75, 3.05) is 0 Å². The highest BCUT2D eigenvalue weighted by Gasteiger charge is 1.90. The minimum absolute atomic E-state index is 0.232. The number of rotatable bonds is 1. The lowest BCUT2D eigenvalue weighted by molar-refractivity contribution is 1.12. The molecule has 1 rings (SSSR count). The second-order valence-electron chi connectivity index (χ2n) is 1.66. The van der Waals surface area contributed by atoms with Crippen molar-refractivity contribution in [3.8, 4) is 0 Å². The lowest BCUT2D eigenvalue weighted by Gasteiger charge is -1.86. The van der Waals surface area contributed by atoms with Gasteiger partial charge in [-0.15, -0.1) is 0 Å². The molecule has 10 heavy (non-hydrogen) atoms. The number of nitrogens with two attached hydrogens (primary N) is 1. The number of aromatic nitrogens is 2. The fourth-order valence-electron chi connectivity index (χ4n) is 0.573. The van der Waals surface area contributed by atoms with Crippen LogP contribution in [0.1, 0.15) is 5.69 Å². The molecule has 0 aliphatic carbocycles. The quantitative estimate of drug-likeness (QED) is 0.558. The molecule has 0 fully saturated rings. The molecule has 0 aliphatic rings. The van der Waals surface area contributed by atoms with Crippen LogP contribution in [0.3, 0.4) is 0 Å². The van der Waals surface area contributed by atoms with Crippen molar-refractivity contribution in [3.05, 3.63) is 34.6 Å². The first-order chi connectivity index (χ1) is 4.84. The van der Waals surface area contributed by atoms with Crippen LogP contribution in [0.5, 0.6) is 0 Å². The molecule has 0 radical (unpaired) electrons. The number of aromatic amines is 1. The Kier molecular flexibility index (Phi) is 1.84. The van der Waals surface area contributed by atoms with E-state index in [1.54, 1.807) is 0 Å². The van der Waals surface area contributed by atoms with Gasteiger partial charge in [-0.1, -0.05) is 0 Å². The smallest absolute Gasteiger partial charge is 0.273 e. The van der Waals surface area contributed by atoms with Gasteiger partial charge in [-0.3, -0.25) is 4.79 Å². The maximum Gasteiger partial charge on any atom is 0.273 e. The van der Waals surface area contributed by atoms with Crippen LogP contribution in [0.2, 0.25) is 0 Å². The van der Waals surface area contributed by atoms with E-state index in [9.17, 15) is 4.79 Å². The molecule has 0 aliphatic heterocycles. The van der Waals surface area contributed by atoms with Crippen molar-refractivity contribution in [1.29, 1.82) is 0 Å². The molecule has 1 heterocycles. The minimum atomic E-state index is -0.232. The molecule has 0 saturated carbocycles. The molecule has 0 saturated heterocycles. The number of hydrogen-bond acceptors (Lipinski definition) is 3. The lowest BCUT2D eigenvalue weighted by Crippen LogP contribution is -2.09. The fourth-order valence-corrected chi connectivity index (χ4v) is 0.573. The number of H-pyrrole nitrogens is 1. The van der Waals surface area contributed by atoms with Crippen molar-refractivity contribution in [2.45, 2.75) is 0 Å². The number of nitrogens with one attached hydrogen (secondary N) is 1. The summed E-state index contributed by atoms with van der Waals surface area (Å²) >= 11 is 0. The Balaban J connectivity index is 3.16. The summed E-state index contributed by atoms with van der Waals surface area (Å²) in [5.41, 5.74) is 5.15. The molecule has 52 valence electrons. The molecule has 1 aromatic heterocycles. The standard InChI is InChI=1S/C6H7N3O/c7-2-1-5-6(10)9-4-3-8-5/h1-4H,7H2,(H,9,10). The predicted molar refractivity (Wildman–Crippen MR) is 38.1 cm³/mol. The Morgan fingerprint density at radius 1 is 1.70 bits per heavy atom. The van der Waals surface area contributed by atoms with E-state index in [0.717, 1.165) is 0 Å². The average molecular weight is 137 g/mol. The molecule has 4 heteroatoms. The zero-order valence-electron chi connectivity index (χ0n) is 5.24. The van der Waals surface area contributed by atoms with Crippen LogP contribution in [0.4, 0.5) is 0 Å². The van der Waals surface area contributed by atoms with Gasteiger partial charge in [0.25, 0.3) is 5.56 Å². The van der Waals surface area contributed by atoms with E-state index >= 15 is 0 Å². The molecule has 0 aromatic carbocycles. The lowest BCUT2D eigenvalue weighted by atomic mass is 10.4. The monoisotopic (exact) mass is 137 g/mol. The third kappa shape index (κ3) is 1.22. The molecule has 0 unspecified atom stereocenters. The van der Waals surface area contributed by atoms with Crippen molar-refractivity contribution < 1.29 is 0 Å². The molecule has 4 nitrogen and oxygen atoms in total. The maximum atomic E-state index is 10.8. The summed E-state index contributed by atoms with van der Waals surface area (Å²) in [5, 5.41) is 0. The Morgan fingerprint density at radius 3 is 3.10 bits per heavy atom. The Labute approximate surface area is 57.4 Å². The Bertz CT molecular complexity index is 289. The summed E-state index contributed by atoms with van der Waals surface area (Å²) in [6.07, 6.45) is 5.68. The van der Waals surface area contributed by atoms with Crippen LogP contribution in [-0.2, 0) is 0 Å². The minimum Gasteiger partial charge on any atom is -0.405 e. The SMILES string of the molecule is NC=Cc1ncc[nH]c1=O. The van der Waals surface area contributed by atoms with Gasteiger partial charge in [0.1, 0.15) is 5.69 Å². The van der Waals surface area contributed by atoms with Gasteiger partial charge in [0.05, 0.1) is 0 Å². The molecule has 3 N–H and O–H groups in total. The van der Waals surface area contributed by atoms with Crippen molar-refractivity contribution in [1.82, 2.24) is 9.97 Å². The predicted octanol–water partition coefficient (Wildman–Crippen LogP) is -0.301. The van der Waals surface area contributed by atoms with E-state index in [1.165, 1.54) is 24.7 Å². The van der Waals surface area contributed by atoms with E-state index in [2.05, 4.69) is 9.97 Å². The highest BCUT2D eigenvalue weighted by atomic mass is 16.1. The fraction of sp³-hybridized carbons (Fsp3) is 0. The van der Waals surface area contributed by atoms with Crippen LogP contribution in [0.15, 0.2) is 23.4 Å². The second-order valence-corrected chi connectivity index (χ2v) is 1.66.